The number of nitrogens with zero attached hydrogens (tertiary/aromatic N) is 1. The number of carbonyl (C=O) groups excluding carboxylic acids is 5. The average Bonchev–Trinajstić information content (AvgIpc) is 3.30. The van der Waals surface area contributed by atoms with Gasteiger partial charge in [-0.25, -0.2) is 0 Å². The van der Waals surface area contributed by atoms with Crippen LogP contribution in [0.2, 0.25) is 0 Å². The molecule has 0 aliphatic carbocycles. The predicted molar refractivity (Wildman–Crippen MR) is 126 cm³/mol. The van der Waals surface area contributed by atoms with E-state index in [-0.39, 0.29) is 24.6 Å². The van der Waals surface area contributed by atoms with E-state index in [0.717, 1.165) is 0 Å². The number of rotatable bonds is 3. The Morgan fingerprint density at radius 3 is 2.29 bits per heavy atom. The number of fused-ring (bicyclic) bond motifs is 1. The maximum Gasteiger partial charge on any atom is 0.243 e. The van der Waals surface area contributed by atoms with Crippen LogP contribution < -0.4 is 21.3 Å². The van der Waals surface area contributed by atoms with Gasteiger partial charge in [0.25, 0.3) is 0 Å². The summed E-state index contributed by atoms with van der Waals surface area (Å²) in [6, 6.07) is 2.52. The fourth-order valence-electron chi connectivity index (χ4n) is 4.26. The molecule has 11 heteroatoms. The Bertz CT molecular complexity index is 979. The zero-order valence-corrected chi connectivity index (χ0v) is 20.2. The van der Waals surface area contributed by atoms with Gasteiger partial charge >= 0.3 is 0 Å². The van der Waals surface area contributed by atoms with Gasteiger partial charge in [0.05, 0.1) is 6.54 Å². The molecule has 1 aromatic rings. The first-order chi connectivity index (χ1) is 16.6. The summed E-state index contributed by atoms with van der Waals surface area (Å²) in [6.07, 6.45) is 1.19. The Labute approximate surface area is 204 Å². The van der Waals surface area contributed by atoms with E-state index < -0.39 is 53.7 Å². The molecule has 5 N–H and O–H groups in total. The van der Waals surface area contributed by atoms with Crippen LogP contribution in [0.1, 0.15) is 39.2 Å². The number of amides is 5. The fraction of sp³-hybridized carbons (Fsp3) is 0.542. The van der Waals surface area contributed by atoms with Gasteiger partial charge in [-0.1, -0.05) is 26.0 Å². The first-order valence-electron chi connectivity index (χ1n) is 11.8. The monoisotopic (exact) mass is 487 g/mol. The van der Waals surface area contributed by atoms with Crippen molar-refractivity contribution in [2.75, 3.05) is 13.1 Å². The summed E-state index contributed by atoms with van der Waals surface area (Å²) < 4.78 is 0. The van der Waals surface area contributed by atoms with Crippen molar-refractivity contribution in [2.45, 2.75) is 64.2 Å². The summed E-state index contributed by atoms with van der Waals surface area (Å²) in [5.41, 5.74) is 0.676. The maximum absolute atomic E-state index is 13.2. The van der Waals surface area contributed by atoms with Crippen LogP contribution >= 0.6 is 0 Å². The average molecular weight is 488 g/mol. The lowest BCUT2D eigenvalue weighted by Crippen LogP contribution is -2.58. The third-order valence-corrected chi connectivity index (χ3v) is 6.30. The van der Waals surface area contributed by atoms with E-state index in [0.29, 0.717) is 24.9 Å². The van der Waals surface area contributed by atoms with Crippen molar-refractivity contribution in [3.05, 3.63) is 29.8 Å². The molecule has 2 saturated heterocycles. The minimum atomic E-state index is -1.05. The van der Waals surface area contributed by atoms with Crippen molar-refractivity contribution in [3.8, 4) is 5.75 Å². The minimum Gasteiger partial charge on any atom is -0.508 e. The highest BCUT2D eigenvalue weighted by Gasteiger charge is 2.37. The maximum atomic E-state index is 13.2. The Morgan fingerprint density at radius 1 is 0.943 bits per heavy atom. The topological polar surface area (TPSA) is 157 Å². The van der Waals surface area contributed by atoms with E-state index in [1.165, 1.54) is 24.0 Å². The molecule has 4 atom stereocenters. The molecule has 0 saturated carbocycles. The van der Waals surface area contributed by atoms with Gasteiger partial charge in [0.15, 0.2) is 0 Å². The molecule has 2 heterocycles. The Morgan fingerprint density at radius 2 is 1.63 bits per heavy atom. The molecule has 5 amide bonds. The molecule has 1 aromatic carbocycles. The Kier molecular flexibility index (Phi) is 8.31. The Balaban J connectivity index is 1.90. The van der Waals surface area contributed by atoms with E-state index in [4.69, 9.17) is 0 Å². The van der Waals surface area contributed by atoms with Crippen molar-refractivity contribution in [3.63, 3.8) is 0 Å². The zero-order valence-electron chi connectivity index (χ0n) is 20.2. The first-order valence-corrected chi connectivity index (χ1v) is 11.8. The summed E-state index contributed by atoms with van der Waals surface area (Å²) in [5.74, 6) is -2.78. The number of carbonyl (C=O) groups is 5. The van der Waals surface area contributed by atoms with Gasteiger partial charge in [0, 0.05) is 13.0 Å². The van der Waals surface area contributed by atoms with Crippen LogP contribution in [0.4, 0.5) is 0 Å². The zero-order chi connectivity index (χ0) is 25.7. The van der Waals surface area contributed by atoms with Gasteiger partial charge < -0.3 is 31.3 Å². The molecular weight excluding hydrogens is 454 g/mol. The van der Waals surface area contributed by atoms with Crippen molar-refractivity contribution in [2.24, 2.45) is 5.92 Å². The van der Waals surface area contributed by atoms with Gasteiger partial charge in [-0.2, -0.15) is 0 Å². The van der Waals surface area contributed by atoms with Crippen LogP contribution in [-0.2, 0) is 30.4 Å². The molecular formula is C24H33N5O6. The standard InChI is InChI=1S/C24H33N5O6/c1-13(2)20-24(35)27-17(11-15-6-8-16(30)9-7-15)22(33)26-14(3)21(32)25-12-19(31)29-10-4-5-18(29)23(34)28-20/h6-9,13-14,17-18,20,30H,4-5,10-12H2,1-3H3,(H,25,32)(H,26,33)(H,27,35)(H,28,34). The second-order valence-electron chi connectivity index (χ2n) is 9.36. The third kappa shape index (κ3) is 6.49. The molecule has 11 nitrogen and oxygen atoms in total. The number of hydrogen-bond donors (Lipinski definition) is 5. The van der Waals surface area contributed by atoms with Gasteiger partial charge in [0.2, 0.25) is 29.5 Å². The molecule has 4 unspecified atom stereocenters. The highest BCUT2D eigenvalue weighted by atomic mass is 16.3. The molecule has 3 rings (SSSR count). The lowest BCUT2D eigenvalue weighted by atomic mass is 10.00. The van der Waals surface area contributed by atoms with Crippen LogP contribution in [0.25, 0.3) is 0 Å². The van der Waals surface area contributed by atoms with Crippen molar-refractivity contribution in [1.82, 2.24) is 26.2 Å². The number of hydrogen-bond acceptors (Lipinski definition) is 6. The van der Waals surface area contributed by atoms with Gasteiger partial charge in [-0.05, 0) is 43.4 Å². The lowest BCUT2D eigenvalue weighted by molar-refractivity contribution is -0.140. The molecule has 0 bridgehead atoms. The van der Waals surface area contributed by atoms with Gasteiger partial charge in [-0.15, -0.1) is 0 Å². The summed E-state index contributed by atoms with van der Waals surface area (Å²) in [5, 5.41) is 20.1. The van der Waals surface area contributed by atoms with Crippen LogP contribution in [0.5, 0.6) is 5.75 Å². The smallest absolute Gasteiger partial charge is 0.243 e. The number of nitrogens with one attached hydrogen (secondary N) is 4. The van der Waals surface area contributed by atoms with Crippen molar-refractivity contribution >= 4 is 29.5 Å². The van der Waals surface area contributed by atoms with E-state index >= 15 is 0 Å². The second-order valence-corrected chi connectivity index (χ2v) is 9.36. The number of phenolic OH excluding ortho intramolecular Hbond substituents is 1. The molecule has 2 fully saturated rings. The van der Waals surface area contributed by atoms with Crippen molar-refractivity contribution in [1.29, 1.82) is 0 Å². The van der Waals surface area contributed by atoms with E-state index in [1.54, 1.807) is 26.0 Å². The Hall–Kier alpha value is -3.63. The van der Waals surface area contributed by atoms with Gasteiger partial charge in [0.1, 0.15) is 29.9 Å². The minimum absolute atomic E-state index is 0.0627. The summed E-state index contributed by atoms with van der Waals surface area (Å²) in [7, 11) is 0. The largest absolute Gasteiger partial charge is 0.508 e. The fourth-order valence-corrected chi connectivity index (χ4v) is 4.26. The summed E-state index contributed by atoms with van der Waals surface area (Å²) in [6.45, 7) is 5.11. The predicted octanol–water partition coefficient (Wildman–Crippen LogP) is -0.814. The SMILES string of the molecule is CC1NC(=O)C(Cc2ccc(O)cc2)NC(=O)C(C(C)C)NC(=O)C2CCCN2C(=O)CNC1=O. The first kappa shape index (κ1) is 26.0. The van der Waals surface area contributed by atoms with Crippen LogP contribution in [0.3, 0.4) is 0 Å². The van der Waals surface area contributed by atoms with Crippen LogP contribution in [0, 0.1) is 5.92 Å². The number of aromatic hydroxyl groups is 1. The van der Waals surface area contributed by atoms with E-state index in [9.17, 15) is 29.1 Å². The second kappa shape index (κ2) is 11.2. The number of phenols is 1. The van der Waals surface area contributed by atoms with E-state index in [2.05, 4.69) is 21.3 Å². The molecule has 35 heavy (non-hydrogen) atoms. The number of benzene rings is 1. The molecule has 0 spiro atoms. The molecule has 0 radical (unpaired) electrons. The lowest BCUT2D eigenvalue weighted by Gasteiger charge is -2.28. The summed E-state index contributed by atoms with van der Waals surface area (Å²) in [4.78, 5) is 66.0. The van der Waals surface area contributed by atoms with E-state index in [1.807, 2.05) is 0 Å². The third-order valence-electron chi connectivity index (χ3n) is 6.30. The van der Waals surface area contributed by atoms with Crippen LogP contribution in [-0.4, -0.2) is 76.8 Å². The van der Waals surface area contributed by atoms with Crippen LogP contribution in [0.15, 0.2) is 24.3 Å². The molecule has 0 aromatic heterocycles. The normalized spacial score (nSPS) is 26.7. The highest BCUT2D eigenvalue weighted by molar-refractivity contribution is 5.97. The highest BCUT2D eigenvalue weighted by Crippen LogP contribution is 2.18. The summed E-state index contributed by atoms with van der Waals surface area (Å²) >= 11 is 0. The quantitative estimate of drug-likeness (QED) is 0.375. The van der Waals surface area contributed by atoms with Crippen molar-refractivity contribution < 1.29 is 29.1 Å². The molecule has 190 valence electrons. The molecule has 2 aliphatic rings. The van der Waals surface area contributed by atoms with Gasteiger partial charge in [-0.3, -0.25) is 24.0 Å². The molecule has 2 aliphatic heterocycles.